The lowest BCUT2D eigenvalue weighted by Crippen LogP contribution is -2.14. The zero-order chi connectivity index (χ0) is 14.0. The zero-order valence-electron chi connectivity index (χ0n) is 10.8. The predicted octanol–water partition coefficient (Wildman–Crippen LogP) is 4.41. The van der Waals surface area contributed by atoms with E-state index < -0.39 is 6.10 Å². The lowest BCUT2D eigenvalue weighted by molar-refractivity contribution is 0.199. The highest BCUT2D eigenvalue weighted by molar-refractivity contribution is 9.10. The molecule has 0 saturated carbocycles. The van der Waals surface area contributed by atoms with Crippen molar-refractivity contribution in [2.24, 2.45) is 0 Å². The molecule has 100 valence electrons. The molecule has 0 fully saturated rings. The summed E-state index contributed by atoms with van der Waals surface area (Å²) in [5.74, 6) is -0.288. The van der Waals surface area contributed by atoms with E-state index in [0.29, 0.717) is 5.69 Å². The Bertz CT molecular complexity index is 586. The van der Waals surface area contributed by atoms with Crippen LogP contribution in [0.5, 0.6) is 0 Å². The summed E-state index contributed by atoms with van der Waals surface area (Å²) in [5, 5.41) is 9.85. The highest BCUT2D eigenvalue weighted by Gasteiger charge is 2.15. The second kappa shape index (κ2) is 5.72. The summed E-state index contributed by atoms with van der Waals surface area (Å²) in [6.07, 6.45) is -0.623. The van der Waals surface area contributed by atoms with Crippen LogP contribution in [0.25, 0.3) is 0 Å². The molecular weight excluding hydrogens is 309 g/mol. The van der Waals surface area contributed by atoms with Crippen LogP contribution in [0.1, 0.15) is 18.6 Å². The molecule has 2 aromatic carbocycles. The fourth-order valence-electron chi connectivity index (χ4n) is 2.02. The van der Waals surface area contributed by atoms with Crippen LogP contribution < -0.4 is 4.90 Å². The van der Waals surface area contributed by atoms with E-state index in [-0.39, 0.29) is 5.82 Å². The Labute approximate surface area is 120 Å². The molecule has 0 aliphatic carbocycles. The third-order valence-corrected chi connectivity index (χ3v) is 3.51. The average Bonchev–Trinajstić information content (AvgIpc) is 2.38. The summed E-state index contributed by atoms with van der Waals surface area (Å²) in [6.45, 7) is 1.69. The molecule has 0 aliphatic heterocycles. The third kappa shape index (κ3) is 2.96. The van der Waals surface area contributed by atoms with Crippen molar-refractivity contribution < 1.29 is 9.50 Å². The SMILES string of the molecule is CC(O)c1cc(Br)ccc1N(C)c1ccccc1F. The molecule has 0 aromatic heterocycles. The molecule has 0 saturated heterocycles. The van der Waals surface area contributed by atoms with E-state index in [4.69, 9.17) is 0 Å². The molecule has 0 aliphatic rings. The number of para-hydroxylation sites is 1. The van der Waals surface area contributed by atoms with Crippen LogP contribution >= 0.6 is 15.9 Å². The number of hydrogen-bond acceptors (Lipinski definition) is 2. The minimum Gasteiger partial charge on any atom is -0.389 e. The number of nitrogens with zero attached hydrogens (tertiary/aromatic N) is 1. The number of benzene rings is 2. The first-order valence-corrected chi connectivity index (χ1v) is 6.75. The number of anilines is 2. The highest BCUT2D eigenvalue weighted by Crippen LogP contribution is 2.33. The smallest absolute Gasteiger partial charge is 0.146 e. The first kappa shape index (κ1) is 14.0. The summed E-state index contributed by atoms with van der Waals surface area (Å²) in [7, 11) is 1.79. The summed E-state index contributed by atoms with van der Waals surface area (Å²) in [4.78, 5) is 1.74. The Balaban J connectivity index is 2.50. The number of halogens is 2. The van der Waals surface area contributed by atoms with E-state index in [1.807, 2.05) is 18.2 Å². The lowest BCUT2D eigenvalue weighted by Gasteiger charge is -2.24. The van der Waals surface area contributed by atoms with Crippen molar-refractivity contribution in [1.82, 2.24) is 0 Å². The molecule has 0 heterocycles. The molecule has 2 rings (SSSR count). The molecule has 0 radical (unpaired) electrons. The van der Waals surface area contributed by atoms with Gasteiger partial charge < -0.3 is 10.0 Å². The molecule has 19 heavy (non-hydrogen) atoms. The Morgan fingerprint density at radius 3 is 2.47 bits per heavy atom. The molecule has 0 bridgehead atoms. The van der Waals surface area contributed by atoms with Crippen LogP contribution in [0.3, 0.4) is 0 Å². The summed E-state index contributed by atoms with van der Waals surface area (Å²) in [5.41, 5.74) is 2.01. The molecule has 1 N–H and O–H groups in total. The number of aliphatic hydroxyl groups excluding tert-OH is 1. The Morgan fingerprint density at radius 1 is 1.16 bits per heavy atom. The standard InChI is InChI=1S/C15H15BrFNO/c1-10(19)12-9-11(16)7-8-14(12)18(2)15-6-4-3-5-13(15)17/h3-10,19H,1-2H3. The molecule has 2 nitrogen and oxygen atoms in total. The van der Waals surface area contributed by atoms with Gasteiger partial charge in [0.2, 0.25) is 0 Å². The lowest BCUT2D eigenvalue weighted by atomic mass is 10.1. The van der Waals surface area contributed by atoms with Gasteiger partial charge in [-0.25, -0.2) is 4.39 Å². The predicted molar refractivity (Wildman–Crippen MR) is 79.2 cm³/mol. The second-order valence-corrected chi connectivity index (χ2v) is 5.31. The minimum absolute atomic E-state index is 0.288. The normalized spacial score (nSPS) is 12.3. The maximum atomic E-state index is 13.8. The summed E-state index contributed by atoms with van der Waals surface area (Å²) in [6, 6.07) is 12.2. The van der Waals surface area contributed by atoms with Crippen molar-refractivity contribution in [3.05, 3.63) is 58.3 Å². The maximum absolute atomic E-state index is 13.8. The van der Waals surface area contributed by atoms with Gasteiger partial charge in [-0.2, -0.15) is 0 Å². The van der Waals surface area contributed by atoms with Crippen LogP contribution in [0.15, 0.2) is 46.9 Å². The zero-order valence-corrected chi connectivity index (χ0v) is 12.4. The largest absolute Gasteiger partial charge is 0.389 e. The van der Waals surface area contributed by atoms with E-state index in [0.717, 1.165) is 15.7 Å². The van der Waals surface area contributed by atoms with Crippen LogP contribution in [-0.2, 0) is 0 Å². The van der Waals surface area contributed by atoms with Crippen LogP contribution in [0.2, 0.25) is 0 Å². The van der Waals surface area contributed by atoms with Gasteiger partial charge in [0.25, 0.3) is 0 Å². The molecule has 1 unspecified atom stereocenters. The van der Waals surface area contributed by atoms with Gasteiger partial charge in [0.05, 0.1) is 11.8 Å². The molecule has 0 spiro atoms. The first-order chi connectivity index (χ1) is 9.00. The van der Waals surface area contributed by atoms with Gasteiger partial charge >= 0.3 is 0 Å². The average molecular weight is 324 g/mol. The number of aliphatic hydroxyl groups is 1. The molecular formula is C15H15BrFNO. The van der Waals surface area contributed by atoms with Crippen molar-refractivity contribution in [1.29, 1.82) is 0 Å². The Morgan fingerprint density at radius 2 is 1.84 bits per heavy atom. The fraction of sp³-hybridized carbons (Fsp3) is 0.200. The van der Waals surface area contributed by atoms with Gasteiger partial charge in [0, 0.05) is 22.8 Å². The third-order valence-electron chi connectivity index (χ3n) is 3.01. The molecule has 2 aromatic rings. The van der Waals surface area contributed by atoms with Crippen LogP contribution in [-0.4, -0.2) is 12.2 Å². The first-order valence-electron chi connectivity index (χ1n) is 5.96. The van der Waals surface area contributed by atoms with Gasteiger partial charge in [-0.15, -0.1) is 0 Å². The van der Waals surface area contributed by atoms with Gasteiger partial charge in [-0.1, -0.05) is 28.1 Å². The number of rotatable bonds is 3. The summed E-state index contributed by atoms with van der Waals surface area (Å²) >= 11 is 3.38. The van der Waals surface area contributed by atoms with Crippen molar-refractivity contribution in [2.75, 3.05) is 11.9 Å². The minimum atomic E-state index is -0.623. The van der Waals surface area contributed by atoms with Gasteiger partial charge in [-0.05, 0) is 37.3 Å². The quantitative estimate of drug-likeness (QED) is 0.904. The van der Waals surface area contributed by atoms with Crippen molar-refractivity contribution >= 4 is 27.3 Å². The van der Waals surface area contributed by atoms with Gasteiger partial charge in [0.1, 0.15) is 5.82 Å². The fourth-order valence-corrected chi connectivity index (χ4v) is 2.40. The molecule has 0 amide bonds. The second-order valence-electron chi connectivity index (χ2n) is 4.39. The van der Waals surface area contributed by atoms with Gasteiger partial charge in [0.15, 0.2) is 0 Å². The van der Waals surface area contributed by atoms with Crippen molar-refractivity contribution in [3.63, 3.8) is 0 Å². The van der Waals surface area contributed by atoms with Crippen LogP contribution in [0.4, 0.5) is 15.8 Å². The van der Waals surface area contributed by atoms with E-state index in [2.05, 4.69) is 15.9 Å². The van der Waals surface area contributed by atoms with E-state index >= 15 is 0 Å². The Hall–Kier alpha value is -1.39. The van der Waals surface area contributed by atoms with E-state index in [1.165, 1.54) is 6.07 Å². The Kier molecular flexibility index (Phi) is 4.22. The topological polar surface area (TPSA) is 23.5 Å². The summed E-state index contributed by atoms with van der Waals surface area (Å²) < 4.78 is 14.7. The molecule has 1 atom stereocenters. The maximum Gasteiger partial charge on any atom is 0.146 e. The number of hydrogen-bond donors (Lipinski definition) is 1. The van der Waals surface area contributed by atoms with Crippen LogP contribution in [0, 0.1) is 5.82 Å². The monoisotopic (exact) mass is 323 g/mol. The van der Waals surface area contributed by atoms with Gasteiger partial charge in [-0.3, -0.25) is 0 Å². The van der Waals surface area contributed by atoms with Crippen molar-refractivity contribution in [3.8, 4) is 0 Å². The van der Waals surface area contributed by atoms with E-state index in [1.54, 1.807) is 37.1 Å². The van der Waals surface area contributed by atoms with E-state index in [9.17, 15) is 9.50 Å². The highest BCUT2D eigenvalue weighted by atomic mass is 79.9. The molecule has 4 heteroatoms. The van der Waals surface area contributed by atoms with Crippen molar-refractivity contribution in [2.45, 2.75) is 13.0 Å².